The molecule has 2 N–H and O–H groups in total. The molecule has 0 radical (unpaired) electrons. The summed E-state index contributed by atoms with van der Waals surface area (Å²) in [5.74, 6) is -0.988. The average molecular weight is 288 g/mol. The Morgan fingerprint density at radius 3 is 2.71 bits per heavy atom. The lowest BCUT2D eigenvalue weighted by Crippen LogP contribution is -2.24. The number of rotatable bonds is 6. The monoisotopic (exact) mass is 288 g/mol. The van der Waals surface area contributed by atoms with Gasteiger partial charge in [0.15, 0.2) is 11.6 Å². The van der Waals surface area contributed by atoms with Gasteiger partial charge in [-0.3, -0.25) is 9.78 Å². The van der Waals surface area contributed by atoms with E-state index in [0.717, 1.165) is 12.0 Å². The van der Waals surface area contributed by atoms with Crippen molar-refractivity contribution in [1.82, 2.24) is 15.3 Å². The largest absolute Gasteiger partial charge is 0.368 e. The summed E-state index contributed by atoms with van der Waals surface area (Å²) in [7, 11) is 0. The summed E-state index contributed by atoms with van der Waals surface area (Å²) >= 11 is 0. The fraction of sp³-hybridized carbons (Fsp3) is 0.267. The first-order chi connectivity index (χ1) is 10.2. The Labute approximate surface area is 122 Å². The van der Waals surface area contributed by atoms with Crippen LogP contribution in [-0.4, -0.2) is 22.4 Å². The van der Waals surface area contributed by atoms with E-state index in [-0.39, 0.29) is 11.4 Å². The summed E-state index contributed by atoms with van der Waals surface area (Å²) in [6.07, 6.45) is 5.55. The number of amides is 1. The predicted octanol–water partition coefficient (Wildman–Crippen LogP) is 2.37. The summed E-state index contributed by atoms with van der Waals surface area (Å²) in [6.45, 7) is 2.89. The molecule has 0 atom stereocenters. The molecule has 0 saturated heterocycles. The van der Waals surface area contributed by atoms with Gasteiger partial charge in [0.1, 0.15) is 0 Å². The first-order valence-corrected chi connectivity index (χ1v) is 6.78. The molecule has 2 rings (SSSR count). The SMILES string of the molecule is CCCNc1nccc(C(=O)NCc2ccncc2)c1F. The van der Waals surface area contributed by atoms with Crippen molar-refractivity contribution in [1.29, 1.82) is 0 Å². The van der Waals surface area contributed by atoms with Gasteiger partial charge in [0.25, 0.3) is 5.91 Å². The molecule has 0 fully saturated rings. The van der Waals surface area contributed by atoms with Gasteiger partial charge < -0.3 is 10.6 Å². The number of pyridine rings is 2. The van der Waals surface area contributed by atoms with Crippen molar-refractivity contribution in [2.45, 2.75) is 19.9 Å². The summed E-state index contributed by atoms with van der Waals surface area (Å²) in [6, 6.07) is 4.95. The third kappa shape index (κ3) is 3.98. The average Bonchev–Trinajstić information content (AvgIpc) is 2.52. The quantitative estimate of drug-likeness (QED) is 0.856. The van der Waals surface area contributed by atoms with Crippen LogP contribution in [0.5, 0.6) is 0 Å². The number of hydrogen-bond donors (Lipinski definition) is 2. The lowest BCUT2D eigenvalue weighted by molar-refractivity contribution is 0.0947. The van der Waals surface area contributed by atoms with Gasteiger partial charge in [-0.2, -0.15) is 0 Å². The van der Waals surface area contributed by atoms with Gasteiger partial charge in [-0.05, 0) is 30.2 Å². The van der Waals surface area contributed by atoms with Crippen LogP contribution in [0, 0.1) is 5.82 Å². The molecule has 0 aliphatic carbocycles. The Hall–Kier alpha value is -2.50. The molecule has 0 aromatic carbocycles. The molecular weight excluding hydrogens is 271 g/mol. The maximum atomic E-state index is 14.2. The lowest BCUT2D eigenvalue weighted by atomic mass is 10.2. The standard InChI is InChI=1S/C15H17FN4O/c1-2-6-18-14-13(16)12(5-9-19-14)15(21)20-10-11-3-7-17-8-4-11/h3-5,7-9H,2,6,10H2,1H3,(H,18,19)(H,20,21). The van der Waals surface area contributed by atoms with E-state index >= 15 is 0 Å². The van der Waals surface area contributed by atoms with Crippen LogP contribution in [0.15, 0.2) is 36.8 Å². The smallest absolute Gasteiger partial charge is 0.254 e. The molecule has 1 amide bonds. The highest BCUT2D eigenvalue weighted by molar-refractivity contribution is 5.95. The molecule has 2 aromatic heterocycles. The number of aromatic nitrogens is 2. The third-order valence-electron chi connectivity index (χ3n) is 2.88. The summed E-state index contributed by atoms with van der Waals surface area (Å²) in [5, 5.41) is 5.53. The minimum atomic E-state index is -0.627. The van der Waals surface area contributed by atoms with Crippen molar-refractivity contribution in [3.63, 3.8) is 0 Å². The zero-order chi connectivity index (χ0) is 15.1. The van der Waals surface area contributed by atoms with Crippen molar-refractivity contribution in [2.75, 3.05) is 11.9 Å². The fourth-order valence-corrected chi connectivity index (χ4v) is 1.76. The second kappa shape index (κ2) is 7.33. The zero-order valence-corrected chi connectivity index (χ0v) is 11.8. The van der Waals surface area contributed by atoms with Crippen LogP contribution in [0.4, 0.5) is 10.2 Å². The molecule has 6 heteroatoms. The summed E-state index contributed by atoms with van der Waals surface area (Å²) < 4.78 is 14.2. The van der Waals surface area contributed by atoms with Crippen molar-refractivity contribution in [3.8, 4) is 0 Å². The van der Waals surface area contributed by atoms with E-state index in [9.17, 15) is 9.18 Å². The minimum Gasteiger partial charge on any atom is -0.368 e. The van der Waals surface area contributed by atoms with Gasteiger partial charge >= 0.3 is 0 Å². The van der Waals surface area contributed by atoms with E-state index < -0.39 is 11.7 Å². The van der Waals surface area contributed by atoms with Gasteiger partial charge in [0, 0.05) is 31.7 Å². The number of carbonyl (C=O) groups excluding carboxylic acids is 1. The van der Waals surface area contributed by atoms with Crippen LogP contribution in [0.2, 0.25) is 0 Å². The molecular formula is C15H17FN4O. The second-order valence-electron chi connectivity index (χ2n) is 4.49. The van der Waals surface area contributed by atoms with Crippen molar-refractivity contribution < 1.29 is 9.18 Å². The highest BCUT2D eigenvalue weighted by Gasteiger charge is 2.15. The number of nitrogens with zero attached hydrogens (tertiary/aromatic N) is 2. The van der Waals surface area contributed by atoms with E-state index in [1.165, 1.54) is 12.3 Å². The van der Waals surface area contributed by atoms with E-state index in [1.54, 1.807) is 24.5 Å². The maximum Gasteiger partial charge on any atom is 0.254 e. The van der Waals surface area contributed by atoms with E-state index in [0.29, 0.717) is 13.1 Å². The summed E-state index contributed by atoms with van der Waals surface area (Å²) in [4.78, 5) is 19.8. The van der Waals surface area contributed by atoms with Crippen LogP contribution < -0.4 is 10.6 Å². The molecule has 0 unspecified atom stereocenters. The molecule has 0 aliphatic heterocycles. The number of carbonyl (C=O) groups is 1. The topological polar surface area (TPSA) is 66.9 Å². The highest BCUT2D eigenvalue weighted by Crippen LogP contribution is 2.15. The summed E-state index contributed by atoms with van der Waals surface area (Å²) in [5.41, 5.74) is 0.884. The van der Waals surface area contributed by atoms with Gasteiger partial charge in [0.2, 0.25) is 0 Å². The van der Waals surface area contributed by atoms with Crippen LogP contribution in [0.25, 0.3) is 0 Å². The van der Waals surface area contributed by atoms with Crippen LogP contribution >= 0.6 is 0 Å². The molecule has 2 aromatic rings. The third-order valence-corrected chi connectivity index (χ3v) is 2.88. The highest BCUT2D eigenvalue weighted by atomic mass is 19.1. The fourth-order valence-electron chi connectivity index (χ4n) is 1.76. The molecule has 0 saturated carbocycles. The predicted molar refractivity (Wildman–Crippen MR) is 78.4 cm³/mol. The number of nitrogens with one attached hydrogen (secondary N) is 2. The number of anilines is 1. The Bertz CT molecular complexity index is 604. The van der Waals surface area contributed by atoms with Crippen molar-refractivity contribution >= 4 is 11.7 Å². The van der Waals surface area contributed by atoms with Crippen LogP contribution in [0.3, 0.4) is 0 Å². The van der Waals surface area contributed by atoms with Gasteiger partial charge in [-0.15, -0.1) is 0 Å². The molecule has 0 bridgehead atoms. The Kier molecular flexibility index (Phi) is 5.20. The first-order valence-electron chi connectivity index (χ1n) is 6.78. The van der Waals surface area contributed by atoms with Crippen LogP contribution in [0.1, 0.15) is 29.3 Å². The van der Waals surface area contributed by atoms with Gasteiger partial charge in [-0.1, -0.05) is 6.92 Å². The number of halogens is 1. The van der Waals surface area contributed by atoms with Crippen molar-refractivity contribution in [2.24, 2.45) is 0 Å². The normalized spacial score (nSPS) is 10.2. The van der Waals surface area contributed by atoms with E-state index in [4.69, 9.17) is 0 Å². The first kappa shape index (κ1) is 14.9. The number of hydrogen-bond acceptors (Lipinski definition) is 4. The van der Waals surface area contributed by atoms with E-state index in [1.807, 2.05) is 6.92 Å². The Morgan fingerprint density at radius 2 is 2.00 bits per heavy atom. The van der Waals surface area contributed by atoms with Crippen molar-refractivity contribution in [3.05, 3.63) is 53.7 Å². The van der Waals surface area contributed by atoms with Gasteiger partial charge in [0.05, 0.1) is 5.56 Å². The lowest BCUT2D eigenvalue weighted by Gasteiger charge is -2.09. The Morgan fingerprint density at radius 1 is 1.24 bits per heavy atom. The molecule has 2 heterocycles. The maximum absolute atomic E-state index is 14.2. The molecule has 110 valence electrons. The minimum absolute atomic E-state index is 0.0161. The van der Waals surface area contributed by atoms with Gasteiger partial charge in [-0.25, -0.2) is 9.37 Å². The molecule has 0 aliphatic rings. The second-order valence-corrected chi connectivity index (χ2v) is 4.49. The van der Waals surface area contributed by atoms with E-state index in [2.05, 4.69) is 20.6 Å². The molecule has 5 nitrogen and oxygen atoms in total. The Balaban J connectivity index is 2.05. The molecule has 0 spiro atoms. The zero-order valence-electron chi connectivity index (χ0n) is 11.8. The van der Waals surface area contributed by atoms with Crippen LogP contribution in [-0.2, 0) is 6.54 Å². The molecule has 21 heavy (non-hydrogen) atoms.